The highest BCUT2D eigenvalue weighted by atomic mass is 35.5. The summed E-state index contributed by atoms with van der Waals surface area (Å²) >= 11 is 7.49. The molecule has 0 N–H and O–H groups in total. The van der Waals surface area contributed by atoms with E-state index in [0.717, 1.165) is 27.1 Å². The van der Waals surface area contributed by atoms with Gasteiger partial charge in [-0.2, -0.15) is 9.78 Å². The van der Waals surface area contributed by atoms with Crippen molar-refractivity contribution in [3.63, 3.8) is 0 Å². The Hall–Kier alpha value is -2.37. The average Bonchev–Trinajstić information content (AvgIpc) is 3.08. The van der Waals surface area contributed by atoms with Crippen LogP contribution in [0.15, 0.2) is 76.8 Å². The van der Waals surface area contributed by atoms with Gasteiger partial charge in [-0.05, 0) is 35.8 Å². The van der Waals surface area contributed by atoms with Gasteiger partial charge in [-0.25, -0.2) is 0 Å². The van der Waals surface area contributed by atoms with Crippen molar-refractivity contribution in [1.82, 2.24) is 14.9 Å². The predicted molar refractivity (Wildman–Crippen MR) is 105 cm³/mol. The number of hydrogen-bond acceptors (Lipinski definition) is 4. The third-order valence-electron chi connectivity index (χ3n) is 3.36. The fourth-order valence-electron chi connectivity index (χ4n) is 2.12. The Bertz CT molecular complexity index is 870. The normalized spacial score (nSPS) is 12.0. The van der Waals surface area contributed by atoms with E-state index in [9.17, 15) is 0 Å². The highest BCUT2D eigenvalue weighted by Crippen LogP contribution is 2.21. The quantitative estimate of drug-likeness (QED) is 0.445. The maximum atomic E-state index is 5.91. The van der Waals surface area contributed by atoms with Gasteiger partial charge in [0.15, 0.2) is 0 Å². The number of thioether (sulfide) groups is 1. The van der Waals surface area contributed by atoms with E-state index in [1.165, 1.54) is 5.56 Å². The lowest BCUT2D eigenvalue weighted by molar-refractivity contribution is 0.766. The molecule has 0 aliphatic rings. The summed E-state index contributed by atoms with van der Waals surface area (Å²) in [5.74, 6) is 0.782. The van der Waals surface area contributed by atoms with Crippen molar-refractivity contribution in [2.45, 2.75) is 17.8 Å². The summed E-state index contributed by atoms with van der Waals surface area (Å²) in [4.78, 5) is 0. The third kappa shape index (κ3) is 5.31. The fourth-order valence-corrected chi connectivity index (χ4v) is 3.07. The molecule has 3 rings (SSSR count). The highest BCUT2D eigenvalue weighted by Gasteiger charge is 2.04. The van der Waals surface area contributed by atoms with Gasteiger partial charge in [-0.15, -0.1) is 10.2 Å². The zero-order valence-electron chi connectivity index (χ0n) is 13.7. The minimum absolute atomic E-state index is 0.738. The number of nitrogens with zero attached hydrogens (tertiary/aromatic N) is 4. The first kappa shape index (κ1) is 17.5. The van der Waals surface area contributed by atoms with Crippen LogP contribution in [0.3, 0.4) is 0 Å². The Labute approximate surface area is 156 Å². The number of aromatic nitrogens is 3. The lowest BCUT2D eigenvalue weighted by atomic mass is 10.1. The second kappa shape index (κ2) is 8.65. The molecule has 0 saturated carbocycles. The Morgan fingerprint density at radius 2 is 1.92 bits per heavy atom. The number of halogens is 1. The van der Waals surface area contributed by atoms with E-state index in [2.05, 4.69) is 33.5 Å². The molecule has 0 unspecified atom stereocenters. The van der Waals surface area contributed by atoms with Gasteiger partial charge < -0.3 is 0 Å². The van der Waals surface area contributed by atoms with Crippen molar-refractivity contribution in [2.75, 3.05) is 0 Å². The number of rotatable bonds is 6. The Morgan fingerprint density at radius 1 is 1.16 bits per heavy atom. The molecule has 1 heterocycles. The van der Waals surface area contributed by atoms with Crippen molar-refractivity contribution < 1.29 is 0 Å². The molecule has 0 saturated heterocycles. The van der Waals surface area contributed by atoms with Gasteiger partial charge in [0.25, 0.3) is 0 Å². The first-order chi connectivity index (χ1) is 12.2. The van der Waals surface area contributed by atoms with Crippen LogP contribution in [0, 0.1) is 0 Å². The van der Waals surface area contributed by atoms with E-state index in [-0.39, 0.29) is 0 Å². The molecule has 0 aliphatic heterocycles. The van der Waals surface area contributed by atoms with Crippen LogP contribution in [0.25, 0.3) is 6.08 Å². The summed E-state index contributed by atoms with van der Waals surface area (Å²) < 4.78 is 1.68. The second-order valence-electron chi connectivity index (χ2n) is 5.42. The predicted octanol–water partition coefficient (Wildman–Crippen LogP) is 5.16. The summed E-state index contributed by atoms with van der Waals surface area (Å²) in [6.45, 7) is 2.02. The second-order valence-corrected chi connectivity index (χ2v) is 6.80. The van der Waals surface area contributed by atoms with Gasteiger partial charge in [0.1, 0.15) is 6.33 Å². The van der Waals surface area contributed by atoms with Crippen molar-refractivity contribution in [3.8, 4) is 0 Å². The maximum Gasteiger partial charge on any atom is 0.212 e. The van der Waals surface area contributed by atoms with Crippen LogP contribution >= 0.6 is 23.4 Å². The molecule has 0 atom stereocenters. The lowest BCUT2D eigenvalue weighted by Crippen LogP contribution is -1.92. The summed E-state index contributed by atoms with van der Waals surface area (Å²) in [5.41, 5.74) is 3.37. The molecule has 0 amide bonds. The minimum Gasteiger partial charge on any atom is -0.195 e. The molecule has 0 radical (unpaired) electrons. The first-order valence-corrected chi connectivity index (χ1v) is 9.12. The Balaban J connectivity index is 1.65. The topological polar surface area (TPSA) is 43.1 Å². The van der Waals surface area contributed by atoms with E-state index in [4.69, 9.17) is 11.6 Å². The molecule has 0 spiro atoms. The smallest absolute Gasteiger partial charge is 0.195 e. The van der Waals surface area contributed by atoms with Gasteiger partial charge in [-0.1, -0.05) is 71.9 Å². The molecule has 3 aromatic rings. The van der Waals surface area contributed by atoms with E-state index in [1.54, 1.807) is 22.8 Å². The standard InChI is InChI=1S/C19H17ClN4S/c1-15(11-16-5-3-2-4-6-16)12-22-24-14-21-23-19(24)25-13-17-7-9-18(20)10-8-17/h2-12,14H,13H2,1H3/b15-11-,22-12+. The van der Waals surface area contributed by atoms with Crippen molar-refractivity contribution in [3.05, 3.63) is 82.6 Å². The highest BCUT2D eigenvalue weighted by molar-refractivity contribution is 7.98. The number of hydrogen-bond donors (Lipinski definition) is 0. The molecular formula is C19H17ClN4S. The van der Waals surface area contributed by atoms with Crippen LogP contribution in [0.4, 0.5) is 0 Å². The van der Waals surface area contributed by atoms with Crippen LogP contribution in [0.2, 0.25) is 5.02 Å². The molecule has 6 heteroatoms. The molecule has 2 aromatic carbocycles. The van der Waals surface area contributed by atoms with Crippen molar-refractivity contribution in [2.24, 2.45) is 5.10 Å². The van der Waals surface area contributed by atoms with Crippen molar-refractivity contribution in [1.29, 1.82) is 0 Å². The van der Waals surface area contributed by atoms with E-state index in [1.807, 2.05) is 55.6 Å². The zero-order valence-corrected chi connectivity index (χ0v) is 15.3. The SMILES string of the molecule is CC(=C/c1ccccc1)/C=N/n1cnnc1SCc1ccc(Cl)cc1. The molecule has 4 nitrogen and oxygen atoms in total. The van der Waals surface area contributed by atoms with Gasteiger partial charge >= 0.3 is 0 Å². The maximum absolute atomic E-state index is 5.91. The molecule has 126 valence electrons. The number of allylic oxidation sites excluding steroid dienone is 1. The summed E-state index contributed by atoms with van der Waals surface area (Å²) in [7, 11) is 0. The van der Waals surface area contributed by atoms with Gasteiger partial charge in [0.2, 0.25) is 5.16 Å². The van der Waals surface area contributed by atoms with E-state index < -0.39 is 0 Å². The molecular weight excluding hydrogens is 352 g/mol. The number of benzene rings is 2. The van der Waals surface area contributed by atoms with Crippen LogP contribution in [0.1, 0.15) is 18.1 Å². The lowest BCUT2D eigenvalue weighted by Gasteiger charge is -2.02. The van der Waals surface area contributed by atoms with Crippen LogP contribution < -0.4 is 0 Å². The third-order valence-corrected chi connectivity index (χ3v) is 4.62. The van der Waals surface area contributed by atoms with E-state index >= 15 is 0 Å². The first-order valence-electron chi connectivity index (χ1n) is 7.76. The molecule has 0 fully saturated rings. The zero-order chi connectivity index (χ0) is 17.5. The van der Waals surface area contributed by atoms with Crippen LogP contribution in [-0.4, -0.2) is 21.1 Å². The van der Waals surface area contributed by atoms with Gasteiger partial charge in [-0.3, -0.25) is 0 Å². The minimum atomic E-state index is 0.738. The van der Waals surface area contributed by atoms with Gasteiger partial charge in [0.05, 0.1) is 6.21 Å². The molecule has 25 heavy (non-hydrogen) atoms. The monoisotopic (exact) mass is 368 g/mol. The summed E-state index contributed by atoms with van der Waals surface area (Å²) in [6, 6.07) is 17.9. The molecule has 1 aromatic heterocycles. The Morgan fingerprint density at radius 3 is 2.68 bits per heavy atom. The van der Waals surface area contributed by atoms with Gasteiger partial charge in [0, 0.05) is 10.8 Å². The fraction of sp³-hybridized carbons (Fsp3) is 0.105. The van der Waals surface area contributed by atoms with E-state index in [0.29, 0.717) is 0 Å². The van der Waals surface area contributed by atoms with Crippen LogP contribution in [-0.2, 0) is 5.75 Å². The summed E-state index contributed by atoms with van der Waals surface area (Å²) in [5, 5.41) is 14.0. The largest absolute Gasteiger partial charge is 0.212 e. The molecule has 0 aliphatic carbocycles. The van der Waals surface area contributed by atoms with Crippen molar-refractivity contribution >= 4 is 35.7 Å². The summed E-state index contributed by atoms with van der Waals surface area (Å²) in [6.07, 6.45) is 5.49. The molecule has 0 bridgehead atoms. The van der Waals surface area contributed by atoms with Crippen LogP contribution in [0.5, 0.6) is 0 Å². The Kier molecular flexibility index (Phi) is 6.04. The average molecular weight is 369 g/mol.